The first-order chi connectivity index (χ1) is 20.8. The van der Waals surface area contributed by atoms with Gasteiger partial charge in [0.1, 0.15) is 17.3 Å². The van der Waals surface area contributed by atoms with Crippen LogP contribution in [-0.2, 0) is 16.6 Å². The molecule has 0 bridgehead atoms. The summed E-state index contributed by atoms with van der Waals surface area (Å²) in [6.07, 6.45) is 4.34. The number of sulfonamides is 1. The number of pyridine rings is 1. The van der Waals surface area contributed by atoms with E-state index in [4.69, 9.17) is 9.47 Å². The molecule has 0 radical (unpaired) electrons. The largest absolute Gasteiger partial charge is 0.497 e. The Morgan fingerprint density at radius 2 is 1.77 bits per heavy atom. The lowest BCUT2D eigenvalue weighted by Gasteiger charge is -2.27. The van der Waals surface area contributed by atoms with Crippen molar-refractivity contribution in [3.05, 3.63) is 112 Å². The van der Waals surface area contributed by atoms with Gasteiger partial charge in [-0.3, -0.25) is 9.36 Å². The van der Waals surface area contributed by atoms with Crippen molar-refractivity contribution in [1.29, 1.82) is 0 Å². The van der Waals surface area contributed by atoms with Crippen molar-refractivity contribution in [3.8, 4) is 17.2 Å². The minimum Gasteiger partial charge on any atom is -0.497 e. The van der Waals surface area contributed by atoms with Gasteiger partial charge in [-0.05, 0) is 84.5 Å². The Labute approximate surface area is 248 Å². The molecule has 0 amide bonds. The molecule has 0 atom stereocenters. The first-order valence-electron chi connectivity index (χ1n) is 13.8. The van der Waals surface area contributed by atoms with E-state index >= 15 is 4.39 Å². The fraction of sp³-hybridized carbons (Fsp3) is 0.219. The van der Waals surface area contributed by atoms with Crippen LogP contribution in [0.1, 0.15) is 36.3 Å². The van der Waals surface area contributed by atoms with Gasteiger partial charge in [-0.2, -0.15) is 5.10 Å². The van der Waals surface area contributed by atoms with E-state index in [0.29, 0.717) is 33.5 Å². The van der Waals surface area contributed by atoms with Gasteiger partial charge in [0, 0.05) is 23.7 Å². The van der Waals surface area contributed by atoms with Gasteiger partial charge in [0.2, 0.25) is 0 Å². The van der Waals surface area contributed by atoms with E-state index in [2.05, 4.69) is 10.2 Å². The van der Waals surface area contributed by atoms with Crippen LogP contribution in [0.5, 0.6) is 11.5 Å². The Morgan fingerprint density at radius 1 is 0.977 bits per heavy atom. The summed E-state index contributed by atoms with van der Waals surface area (Å²) in [6, 6.07) is 20.6. The number of nitrogens with zero attached hydrogens (tertiary/aromatic N) is 4. The third-order valence-electron chi connectivity index (χ3n) is 7.84. The van der Waals surface area contributed by atoms with Gasteiger partial charge in [-0.25, -0.2) is 17.1 Å². The van der Waals surface area contributed by atoms with Crippen molar-refractivity contribution < 1.29 is 22.3 Å². The molecule has 6 rings (SSSR count). The summed E-state index contributed by atoms with van der Waals surface area (Å²) in [5, 5.41) is 8.41. The predicted molar refractivity (Wildman–Crippen MR) is 161 cm³/mol. The molecular weight excluding hydrogens is 571 g/mol. The summed E-state index contributed by atoms with van der Waals surface area (Å²) in [7, 11) is -1.12. The predicted octanol–water partition coefficient (Wildman–Crippen LogP) is 5.60. The van der Waals surface area contributed by atoms with Crippen LogP contribution in [0.15, 0.2) is 94.7 Å². The smallest absolute Gasteiger partial charge is 0.265 e. The van der Waals surface area contributed by atoms with Gasteiger partial charge in [-0.1, -0.05) is 18.6 Å². The fourth-order valence-corrected chi connectivity index (χ4v) is 6.73. The molecule has 1 fully saturated rings. The van der Waals surface area contributed by atoms with Crippen LogP contribution >= 0.6 is 0 Å². The minimum absolute atomic E-state index is 0.00757. The summed E-state index contributed by atoms with van der Waals surface area (Å²) in [5.74, 6) is 0.891. The first kappa shape index (κ1) is 28.4. The monoisotopic (exact) mass is 600 g/mol. The van der Waals surface area contributed by atoms with Crippen molar-refractivity contribution in [2.24, 2.45) is 0 Å². The van der Waals surface area contributed by atoms with Crippen molar-refractivity contribution in [2.45, 2.75) is 36.6 Å². The normalized spacial score (nSPS) is 13.5. The number of fused-ring (bicyclic) bond motifs is 1. The van der Waals surface area contributed by atoms with Crippen LogP contribution in [0.4, 0.5) is 10.2 Å². The van der Waals surface area contributed by atoms with Crippen molar-refractivity contribution in [1.82, 2.24) is 14.8 Å². The highest BCUT2D eigenvalue weighted by Gasteiger charge is 2.28. The maximum absolute atomic E-state index is 15.3. The van der Waals surface area contributed by atoms with Crippen LogP contribution in [0, 0.1) is 5.82 Å². The SMILES string of the molecule is COc1ccc(CN(c2cccnn2)S(=O)(=O)c2ccc3c(ccc(=O)n3-c3cc(F)c(C4CCC4)cc3OC)c2)cc1. The average molecular weight is 601 g/mol. The van der Waals surface area contributed by atoms with Gasteiger partial charge in [-0.15, -0.1) is 5.10 Å². The highest BCUT2D eigenvalue weighted by molar-refractivity contribution is 7.92. The Morgan fingerprint density at radius 3 is 2.42 bits per heavy atom. The van der Waals surface area contributed by atoms with E-state index in [1.807, 2.05) is 0 Å². The van der Waals surface area contributed by atoms with Crippen molar-refractivity contribution in [3.63, 3.8) is 0 Å². The van der Waals surface area contributed by atoms with Gasteiger partial charge in [0.05, 0.1) is 36.9 Å². The molecule has 2 aromatic heterocycles. The molecule has 0 saturated heterocycles. The Kier molecular flexibility index (Phi) is 7.57. The molecule has 220 valence electrons. The lowest BCUT2D eigenvalue weighted by molar-refractivity contribution is 0.390. The molecule has 0 unspecified atom stereocenters. The number of methoxy groups -OCH3 is 2. The van der Waals surface area contributed by atoms with Gasteiger partial charge < -0.3 is 9.47 Å². The van der Waals surface area contributed by atoms with E-state index in [9.17, 15) is 13.2 Å². The number of aromatic nitrogens is 3. The van der Waals surface area contributed by atoms with Gasteiger partial charge >= 0.3 is 0 Å². The van der Waals surface area contributed by atoms with E-state index in [1.54, 1.807) is 61.7 Å². The summed E-state index contributed by atoms with van der Waals surface area (Å²) in [6.45, 7) is -0.00757. The highest BCUT2D eigenvalue weighted by Crippen LogP contribution is 2.41. The second kappa shape index (κ2) is 11.5. The number of ether oxygens (including phenoxy) is 2. The minimum atomic E-state index is -4.15. The van der Waals surface area contributed by atoms with Crippen molar-refractivity contribution in [2.75, 3.05) is 18.5 Å². The molecule has 3 aromatic carbocycles. The average Bonchev–Trinajstić information content (AvgIpc) is 3.00. The lowest BCUT2D eigenvalue weighted by atomic mass is 9.79. The molecule has 0 N–H and O–H groups in total. The maximum Gasteiger partial charge on any atom is 0.265 e. The zero-order valence-corrected chi connectivity index (χ0v) is 24.4. The molecule has 43 heavy (non-hydrogen) atoms. The number of hydrogen-bond donors (Lipinski definition) is 0. The molecular formula is C32H29FN4O5S. The van der Waals surface area contributed by atoms with Gasteiger partial charge in [0.15, 0.2) is 5.82 Å². The molecule has 0 spiro atoms. The Balaban J connectivity index is 1.44. The molecule has 2 heterocycles. The molecule has 5 aromatic rings. The molecule has 9 nitrogen and oxygen atoms in total. The lowest BCUT2D eigenvalue weighted by Crippen LogP contribution is -2.31. The Bertz CT molecular complexity index is 1960. The van der Waals surface area contributed by atoms with Crippen LogP contribution in [0.25, 0.3) is 16.6 Å². The van der Waals surface area contributed by atoms with E-state index < -0.39 is 21.4 Å². The van der Waals surface area contributed by atoms with E-state index in [-0.39, 0.29) is 28.9 Å². The third-order valence-corrected chi connectivity index (χ3v) is 9.58. The topological polar surface area (TPSA) is 104 Å². The van der Waals surface area contributed by atoms with E-state index in [0.717, 1.165) is 19.3 Å². The number of benzene rings is 3. The van der Waals surface area contributed by atoms with Crippen LogP contribution in [-0.4, -0.2) is 37.4 Å². The van der Waals surface area contributed by atoms with Crippen LogP contribution in [0.3, 0.4) is 0 Å². The zero-order valence-electron chi connectivity index (χ0n) is 23.6. The third kappa shape index (κ3) is 5.32. The second-order valence-electron chi connectivity index (χ2n) is 10.3. The highest BCUT2D eigenvalue weighted by atomic mass is 32.2. The number of halogens is 1. The molecule has 1 aliphatic carbocycles. The Hall–Kier alpha value is -4.77. The standard InChI is InChI=1S/C32H29FN4O5S/c1-41-24-11-8-21(9-12-24)20-36(31-7-4-16-34-35-31)43(39,40)25-13-14-28-23(17-25)10-15-32(38)37(28)29-19-27(33)26(18-30(29)42-2)22-5-3-6-22/h4,7-19,22H,3,5-6,20H2,1-2H3. The summed E-state index contributed by atoms with van der Waals surface area (Å²) in [5.41, 5.74) is 1.54. The summed E-state index contributed by atoms with van der Waals surface area (Å²) in [4.78, 5) is 13.1. The molecule has 1 aliphatic rings. The van der Waals surface area contributed by atoms with Crippen molar-refractivity contribution >= 4 is 26.7 Å². The summed E-state index contributed by atoms with van der Waals surface area (Å²) >= 11 is 0. The molecule has 1 saturated carbocycles. The maximum atomic E-state index is 15.3. The molecule has 0 aliphatic heterocycles. The number of anilines is 1. The quantitative estimate of drug-likeness (QED) is 0.217. The zero-order chi connectivity index (χ0) is 30.1. The van der Waals surface area contributed by atoms with Crippen LogP contribution < -0.4 is 19.3 Å². The van der Waals surface area contributed by atoms with E-state index in [1.165, 1.54) is 46.4 Å². The fourth-order valence-electron chi connectivity index (χ4n) is 5.30. The van der Waals surface area contributed by atoms with Gasteiger partial charge in [0.25, 0.3) is 15.6 Å². The first-order valence-corrected chi connectivity index (χ1v) is 15.2. The molecule has 11 heteroatoms. The number of hydrogen-bond acceptors (Lipinski definition) is 7. The number of rotatable bonds is 9. The second-order valence-corrected chi connectivity index (χ2v) is 12.2. The summed E-state index contributed by atoms with van der Waals surface area (Å²) < 4.78 is 56.8. The van der Waals surface area contributed by atoms with Crippen LogP contribution in [0.2, 0.25) is 0 Å².